The van der Waals surface area contributed by atoms with E-state index in [-0.39, 0.29) is 10.8 Å². The fraction of sp³-hybridized carbons (Fsp3) is 0.538. The Hall–Kier alpha value is -0.800. The van der Waals surface area contributed by atoms with Gasteiger partial charge in [-0.05, 0) is 44.4 Å². The summed E-state index contributed by atoms with van der Waals surface area (Å²) in [5, 5.41) is 3.59. The molecule has 1 atom stereocenters. The molecule has 1 aliphatic heterocycles. The zero-order chi connectivity index (χ0) is 12.4. The van der Waals surface area contributed by atoms with Gasteiger partial charge in [0.05, 0.1) is 12.1 Å². The van der Waals surface area contributed by atoms with Gasteiger partial charge in [0.25, 0.3) is 0 Å². The molecule has 0 amide bonds. The van der Waals surface area contributed by atoms with Gasteiger partial charge in [-0.1, -0.05) is 11.6 Å². The second kappa shape index (κ2) is 5.23. The quantitative estimate of drug-likeness (QED) is 0.899. The molecule has 1 aromatic rings. The highest BCUT2D eigenvalue weighted by Gasteiger charge is 2.20. The van der Waals surface area contributed by atoms with Crippen LogP contribution in [0.15, 0.2) is 6.07 Å². The Balaban J connectivity index is 2.31. The molecule has 17 heavy (non-hydrogen) atoms. The molecule has 0 spiro atoms. The van der Waals surface area contributed by atoms with Gasteiger partial charge in [-0.3, -0.25) is 0 Å². The molecular formula is C13H17ClFNO. The predicted molar refractivity (Wildman–Crippen MR) is 67.4 cm³/mol. The molecule has 0 radical (unpaired) electrons. The normalized spacial score (nSPS) is 19.6. The van der Waals surface area contributed by atoms with E-state index in [0.717, 1.165) is 24.9 Å². The summed E-state index contributed by atoms with van der Waals surface area (Å²) in [7, 11) is 1.57. The molecular weight excluding hydrogens is 241 g/mol. The lowest BCUT2D eigenvalue weighted by molar-refractivity contribution is 0.399. The highest BCUT2D eigenvalue weighted by molar-refractivity contribution is 6.30. The minimum Gasteiger partial charge on any atom is -0.496 e. The number of benzene rings is 1. The van der Waals surface area contributed by atoms with E-state index in [1.807, 2.05) is 0 Å². The number of halogens is 2. The smallest absolute Gasteiger partial charge is 0.148 e. The van der Waals surface area contributed by atoms with Gasteiger partial charge < -0.3 is 10.1 Å². The lowest BCUT2D eigenvalue weighted by Crippen LogP contribution is -2.24. The fourth-order valence-corrected chi connectivity index (χ4v) is 2.71. The highest BCUT2D eigenvalue weighted by Crippen LogP contribution is 2.32. The molecule has 1 heterocycles. The van der Waals surface area contributed by atoms with Crippen molar-refractivity contribution in [3.63, 3.8) is 0 Å². The first-order valence-corrected chi connectivity index (χ1v) is 6.26. The van der Waals surface area contributed by atoms with E-state index in [4.69, 9.17) is 16.3 Å². The molecule has 1 N–H and O–H groups in total. The van der Waals surface area contributed by atoms with E-state index >= 15 is 0 Å². The van der Waals surface area contributed by atoms with Gasteiger partial charge in [0.1, 0.15) is 11.6 Å². The molecule has 1 aromatic carbocycles. The van der Waals surface area contributed by atoms with Gasteiger partial charge in [-0.25, -0.2) is 4.39 Å². The van der Waals surface area contributed by atoms with E-state index in [9.17, 15) is 4.39 Å². The van der Waals surface area contributed by atoms with Crippen LogP contribution in [0.25, 0.3) is 0 Å². The molecule has 1 unspecified atom stereocenters. The number of methoxy groups -OCH3 is 1. The third kappa shape index (κ3) is 2.55. The predicted octanol–water partition coefficient (Wildman–Crippen LogP) is 3.09. The van der Waals surface area contributed by atoms with Crippen molar-refractivity contribution in [2.24, 2.45) is 0 Å². The van der Waals surface area contributed by atoms with E-state index in [1.54, 1.807) is 20.1 Å². The minimum atomic E-state index is -0.383. The summed E-state index contributed by atoms with van der Waals surface area (Å²) in [6, 6.07) is 2.13. The Morgan fingerprint density at radius 1 is 1.59 bits per heavy atom. The van der Waals surface area contributed by atoms with Crippen LogP contribution in [0, 0.1) is 12.7 Å². The van der Waals surface area contributed by atoms with Crippen LogP contribution in [0.2, 0.25) is 5.02 Å². The van der Waals surface area contributed by atoms with Gasteiger partial charge in [-0.15, -0.1) is 0 Å². The van der Waals surface area contributed by atoms with Crippen molar-refractivity contribution in [2.75, 3.05) is 13.7 Å². The fourth-order valence-electron chi connectivity index (χ4n) is 2.43. The largest absolute Gasteiger partial charge is 0.496 e. The maximum Gasteiger partial charge on any atom is 0.148 e. The average Bonchev–Trinajstić information content (AvgIpc) is 2.79. The lowest BCUT2D eigenvalue weighted by atomic mass is 10.0. The summed E-state index contributed by atoms with van der Waals surface area (Å²) >= 11 is 5.88. The number of ether oxygens (including phenoxy) is 1. The van der Waals surface area contributed by atoms with Gasteiger partial charge in [0.15, 0.2) is 0 Å². The third-order valence-corrected chi connectivity index (χ3v) is 3.58. The summed E-state index contributed by atoms with van der Waals surface area (Å²) in [6.07, 6.45) is 3.18. The Kier molecular flexibility index (Phi) is 3.89. The number of hydrogen-bond acceptors (Lipinski definition) is 2. The molecule has 1 fully saturated rings. The van der Waals surface area contributed by atoms with E-state index in [2.05, 4.69) is 5.32 Å². The van der Waals surface area contributed by atoms with Crippen molar-refractivity contribution in [1.29, 1.82) is 0 Å². The van der Waals surface area contributed by atoms with Crippen LogP contribution in [0.3, 0.4) is 0 Å². The standard InChI is InChI=1S/C13H17ClFNO/c1-8-12(15)11(14)7-9(13(8)17-2)6-10-4-3-5-16-10/h7,10,16H,3-6H2,1-2H3. The average molecular weight is 258 g/mol. The van der Waals surface area contributed by atoms with E-state index in [0.29, 0.717) is 17.4 Å². The summed E-state index contributed by atoms with van der Waals surface area (Å²) < 4.78 is 18.9. The summed E-state index contributed by atoms with van der Waals surface area (Å²) in [4.78, 5) is 0. The van der Waals surface area contributed by atoms with Crippen LogP contribution in [0.1, 0.15) is 24.0 Å². The second-order valence-corrected chi connectivity index (χ2v) is 4.89. The SMILES string of the molecule is COc1c(CC2CCCN2)cc(Cl)c(F)c1C. The van der Waals surface area contributed by atoms with Crippen LogP contribution in [0.4, 0.5) is 4.39 Å². The topological polar surface area (TPSA) is 21.3 Å². The van der Waals surface area contributed by atoms with E-state index < -0.39 is 0 Å². The molecule has 0 bridgehead atoms. The van der Waals surface area contributed by atoms with Crippen molar-refractivity contribution >= 4 is 11.6 Å². The monoisotopic (exact) mass is 257 g/mol. The molecule has 1 aliphatic rings. The molecule has 0 aliphatic carbocycles. The molecule has 0 saturated carbocycles. The van der Waals surface area contributed by atoms with Crippen LogP contribution in [-0.2, 0) is 6.42 Å². The van der Waals surface area contributed by atoms with Gasteiger partial charge in [0.2, 0.25) is 0 Å². The first-order valence-electron chi connectivity index (χ1n) is 5.88. The van der Waals surface area contributed by atoms with Crippen molar-refractivity contribution in [3.8, 4) is 5.75 Å². The van der Waals surface area contributed by atoms with Crippen LogP contribution >= 0.6 is 11.6 Å². The van der Waals surface area contributed by atoms with Gasteiger partial charge in [-0.2, -0.15) is 0 Å². The zero-order valence-corrected chi connectivity index (χ0v) is 10.9. The van der Waals surface area contributed by atoms with Crippen molar-refractivity contribution in [1.82, 2.24) is 5.32 Å². The molecule has 2 nitrogen and oxygen atoms in total. The molecule has 2 rings (SSSR count). The van der Waals surface area contributed by atoms with Gasteiger partial charge in [0, 0.05) is 11.6 Å². The lowest BCUT2D eigenvalue weighted by Gasteiger charge is -2.16. The highest BCUT2D eigenvalue weighted by atomic mass is 35.5. The maximum absolute atomic E-state index is 13.6. The van der Waals surface area contributed by atoms with Crippen molar-refractivity contribution in [3.05, 3.63) is 28.0 Å². The number of nitrogens with one attached hydrogen (secondary N) is 1. The number of rotatable bonds is 3. The van der Waals surface area contributed by atoms with Gasteiger partial charge >= 0.3 is 0 Å². The van der Waals surface area contributed by atoms with Crippen LogP contribution < -0.4 is 10.1 Å². The number of hydrogen-bond donors (Lipinski definition) is 1. The van der Waals surface area contributed by atoms with E-state index in [1.165, 1.54) is 6.42 Å². The first kappa shape index (κ1) is 12.7. The Bertz CT molecular complexity index is 416. The summed E-state index contributed by atoms with van der Waals surface area (Å²) in [5.74, 6) is 0.243. The second-order valence-electron chi connectivity index (χ2n) is 4.49. The Labute approximate surface area is 106 Å². The maximum atomic E-state index is 13.6. The summed E-state index contributed by atoms with van der Waals surface area (Å²) in [5.41, 5.74) is 1.48. The molecule has 1 saturated heterocycles. The third-order valence-electron chi connectivity index (χ3n) is 3.30. The van der Waals surface area contributed by atoms with Crippen molar-refractivity contribution in [2.45, 2.75) is 32.2 Å². The first-order chi connectivity index (χ1) is 8.13. The van der Waals surface area contributed by atoms with Crippen LogP contribution in [-0.4, -0.2) is 19.7 Å². The molecule has 0 aromatic heterocycles. The van der Waals surface area contributed by atoms with Crippen LogP contribution in [0.5, 0.6) is 5.75 Å². The zero-order valence-electron chi connectivity index (χ0n) is 10.1. The minimum absolute atomic E-state index is 0.177. The molecule has 4 heteroatoms. The summed E-state index contributed by atoms with van der Waals surface area (Å²) in [6.45, 7) is 2.76. The Morgan fingerprint density at radius 2 is 2.35 bits per heavy atom. The van der Waals surface area contributed by atoms with Crippen molar-refractivity contribution < 1.29 is 9.13 Å². The Morgan fingerprint density at radius 3 is 2.94 bits per heavy atom. The molecule has 94 valence electrons.